The number of fused-ring (bicyclic) bond motifs is 1. The summed E-state index contributed by atoms with van der Waals surface area (Å²) in [7, 11) is 4.09. The number of amides is 3. The van der Waals surface area contributed by atoms with Crippen LogP contribution < -0.4 is 9.64 Å². The van der Waals surface area contributed by atoms with Crippen LogP contribution in [0.4, 0.5) is 10.5 Å². The molecular formula is C36H45N5O5. The van der Waals surface area contributed by atoms with Gasteiger partial charge in [-0.05, 0) is 47.6 Å². The molecule has 3 aromatic rings. The molecule has 10 nitrogen and oxygen atoms in total. The first-order valence-electron chi connectivity index (χ1n) is 16.6. The van der Waals surface area contributed by atoms with Crippen molar-refractivity contribution in [3.63, 3.8) is 0 Å². The van der Waals surface area contributed by atoms with Gasteiger partial charge in [0.15, 0.2) is 11.5 Å². The largest absolute Gasteiger partial charge is 0.504 e. The molecule has 3 atom stereocenters. The minimum absolute atomic E-state index is 0.00428. The van der Waals surface area contributed by atoms with Gasteiger partial charge in [0.1, 0.15) is 5.54 Å². The predicted molar refractivity (Wildman–Crippen MR) is 177 cm³/mol. The molecule has 1 unspecified atom stereocenters. The third kappa shape index (κ3) is 5.16. The maximum atomic E-state index is 14.6. The standard InChI is InChI=1S/C36H45N5O5/c1-4-17-46-33-12-9-25(20-32(33)42)22-39-23-26-21-31(29-10-11-30(37(2)3)28-8-6-5-7-27(28)29)41-35(44)40(34(43)36(26,41)24-39)14-13-38-15-18-45-19-16-38/h5-12,20,26,31,42H,4,13-19,21-24H2,1-3H3/t26-,31+,36?/m1/s1. The van der Waals surface area contributed by atoms with Crippen LogP contribution in [0.1, 0.15) is 36.9 Å². The Bertz CT molecular complexity index is 1620. The molecule has 4 saturated heterocycles. The van der Waals surface area contributed by atoms with Gasteiger partial charge in [0.05, 0.1) is 25.9 Å². The molecule has 0 bridgehead atoms. The lowest BCUT2D eigenvalue weighted by Crippen LogP contribution is -2.51. The average Bonchev–Trinajstić information content (AvgIpc) is 3.63. The number of phenols is 1. The number of rotatable bonds is 10. The number of nitrogens with zero attached hydrogens (tertiary/aromatic N) is 5. The number of phenolic OH excluding ortho intramolecular Hbond substituents is 1. The van der Waals surface area contributed by atoms with Crippen LogP contribution in [-0.2, 0) is 16.1 Å². The predicted octanol–water partition coefficient (Wildman–Crippen LogP) is 4.31. The number of hydrogen-bond acceptors (Lipinski definition) is 8. The zero-order valence-electron chi connectivity index (χ0n) is 27.2. The van der Waals surface area contributed by atoms with Crippen molar-refractivity contribution in [3.05, 3.63) is 65.7 Å². The minimum Gasteiger partial charge on any atom is -0.504 e. The van der Waals surface area contributed by atoms with E-state index in [0.29, 0.717) is 58.3 Å². The number of anilines is 1. The van der Waals surface area contributed by atoms with Crippen molar-refractivity contribution in [2.75, 3.05) is 78.1 Å². The van der Waals surface area contributed by atoms with E-state index in [-0.39, 0.29) is 29.6 Å². The van der Waals surface area contributed by atoms with Crippen molar-refractivity contribution in [1.82, 2.24) is 19.6 Å². The Hall–Kier alpha value is -3.86. The van der Waals surface area contributed by atoms with Crippen molar-refractivity contribution < 1.29 is 24.2 Å². The molecule has 3 aromatic carbocycles. The third-order valence-electron chi connectivity index (χ3n) is 10.3. The van der Waals surface area contributed by atoms with Gasteiger partial charge < -0.3 is 24.4 Å². The zero-order chi connectivity index (χ0) is 32.0. The molecule has 10 heteroatoms. The fourth-order valence-electron chi connectivity index (χ4n) is 8.18. The fourth-order valence-corrected chi connectivity index (χ4v) is 8.18. The van der Waals surface area contributed by atoms with Crippen LogP contribution in [0, 0.1) is 5.92 Å². The number of hydrogen-bond donors (Lipinski definition) is 1. The number of aromatic hydroxyl groups is 1. The highest BCUT2D eigenvalue weighted by atomic mass is 16.5. The second kappa shape index (κ2) is 12.4. The zero-order valence-corrected chi connectivity index (χ0v) is 27.2. The molecule has 1 N–H and O–H groups in total. The van der Waals surface area contributed by atoms with Gasteiger partial charge in [0, 0.05) is 76.9 Å². The SMILES string of the molecule is CCCOc1ccc(CN2C[C@H]3C[C@@H](c4ccc(N(C)C)c5ccccc45)N4C(=O)N(CCN5CCOCC5)C(=O)C34C2)cc1O. The fraction of sp³-hybridized carbons (Fsp3) is 0.500. The van der Waals surface area contributed by atoms with E-state index < -0.39 is 5.54 Å². The monoisotopic (exact) mass is 627 g/mol. The lowest BCUT2D eigenvalue weighted by molar-refractivity contribution is -0.133. The van der Waals surface area contributed by atoms with Crippen LogP contribution in [-0.4, -0.2) is 115 Å². The molecule has 4 heterocycles. The van der Waals surface area contributed by atoms with Gasteiger partial charge >= 0.3 is 6.03 Å². The van der Waals surface area contributed by atoms with E-state index in [4.69, 9.17) is 9.47 Å². The second-order valence-corrected chi connectivity index (χ2v) is 13.4. The quantitative estimate of drug-likeness (QED) is 0.333. The van der Waals surface area contributed by atoms with E-state index >= 15 is 0 Å². The van der Waals surface area contributed by atoms with Crippen LogP contribution in [0.15, 0.2) is 54.6 Å². The van der Waals surface area contributed by atoms with E-state index in [0.717, 1.165) is 53.5 Å². The Kier molecular flexibility index (Phi) is 8.29. The van der Waals surface area contributed by atoms with Crippen LogP contribution in [0.25, 0.3) is 10.8 Å². The number of carbonyl (C=O) groups excluding carboxylic acids is 2. The van der Waals surface area contributed by atoms with Crippen molar-refractivity contribution >= 4 is 28.4 Å². The Morgan fingerprint density at radius 2 is 1.78 bits per heavy atom. The number of morpholine rings is 1. The number of urea groups is 1. The minimum atomic E-state index is -0.916. The summed E-state index contributed by atoms with van der Waals surface area (Å²) in [4.78, 5) is 39.2. The molecule has 46 heavy (non-hydrogen) atoms. The Morgan fingerprint density at radius 3 is 2.52 bits per heavy atom. The molecule has 7 rings (SSSR count). The van der Waals surface area contributed by atoms with E-state index in [1.807, 2.05) is 38.1 Å². The summed E-state index contributed by atoms with van der Waals surface area (Å²) >= 11 is 0. The summed E-state index contributed by atoms with van der Waals surface area (Å²) in [5.41, 5.74) is 2.27. The Morgan fingerprint density at radius 1 is 1.00 bits per heavy atom. The Labute approximate surface area is 271 Å². The molecule has 0 aliphatic carbocycles. The average molecular weight is 628 g/mol. The number of ether oxygens (including phenoxy) is 2. The highest BCUT2D eigenvalue weighted by molar-refractivity contribution is 6.09. The van der Waals surface area contributed by atoms with E-state index in [1.165, 1.54) is 4.90 Å². The van der Waals surface area contributed by atoms with Crippen LogP contribution >= 0.6 is 0 Å². The molecule has 0 saturated carbocycles. The van der Waals surface area contributed by atoms with Gasteiger partial charge in [0.25, 0.3) is 5.91 Å². The van der Waals surface area contributed by atoms with E-state index in [1.54, 1.807) is 6.07 Å². The van der Waals surface area contributed by atoms with Gasteiger partial charge in [-0.25, -0.2) is 4.79 Å². The molecule has 3 amide bonds. The maximum absolute atomic E-state index is 14.6. The molecule has 244 valence electrons. The smallest absolute Gasteiger partial charge is 0.328 e. The van der Waals surface area contributed by atoms with Gasteiger partial charge in [-0.1, -0.05) is 43.3 Å². The lowest BCUT2D eigenvalue weighted by atomic mass is 9.87. The summed E-state index contributed by atoms with van der Waals surface area (Å²) < 4.78 is 11.2. The molecule has 4 aliphatic rings. The molecule has 4 aliphatic heterocycles. The van der Waals surface area contributed by atoms with Gasteiger partial charge in [-0.15, -0.1) is 0 Å². The van der Waals surface area contributed by atoms with Crippen molar-refractivity contribution in [2.24, 2.45) is 5.92 Å². The van der Waals surface area contributed by atoms with Crippen LogP contribution in [0.5, 0.6) is 11.5 Å². The van der Waals surface area contributed by atoms with Gasteiger partial charge in [-0.3, -0.25) is 19.5 Å². The van der Waals surface area contributed by atoms with Crippen LogP contribution in [0.3, 0.4) is 0 Å². The summed E-state index contributed by atoms with van der Waals surface area (Å²) in [5.74, 6) is 0.535. The third-order valence-corrected chi connectivity index (χ3v) is 10.3. The van der Waals surface area contributed by atoms with E-state index in [9.17, 15) is 14.7 Å². The Balaban J connectivity index is 1.21. The molecule has 0 aromatic heterocycles. The maximum Gasteiger partial charge on any atom is 0.328 e. The summed E-state index contributed by atoms with van der Waals surface area (Å²) in [5, 5.41) is 12.9. The van der Waals surface area contributed by atoms with Crippen molar-refractivity contribution in [2.45, 2.75) is 37.9 Å². The number of benzene rings is 3. The molecule has 4 fully saturated rings. The summed E-state index contributed by atoms with van der Waals surface area (Å²) in [6.45, 7) is 8.32. The van der Waals surface area contributed by atoms with Gasteiger partial charge in [-0.2, -0.15) is 0 Å². The first-order valence-corrected chi connectivity index (χ1v) is 16.6. The molecular weight excluding hydrogens is 582 g/mol. The van der Waals surface area contributed by atoms with Crippen molar-refractivity contribution in [3.8, 4) is 11.5 Å². The molecule has 1 spiro atoms. The first kappa shape index (κ1) is 30.8. The first-order chi connectivity index (χ1) is 22.3. The molecule has 0 radical (unpaired) electrons. The topological polar surface area (TPSA) is 89.0 Å². The highest BCUT2D eigenvalue weighted by Crippen LogP contribution is 2.56. The second-order valence-electron chi connectivity index (χ2n) is 13.4. The lowest BCUT2D eigenvalue weighted by Gasteiger charge is -2.32. The summed E-state index contributed by atoms with van der Waals surface area (Å²) in [6, 6.07) is 17.9. The number of imide groups is 1. The normalized spacial score (nSPS) is 25.0. The van der Waals surface area contributed by atoms with E-state index in [2.05, 4.69) is 51.1 Å². The summed E-state index contributed by atoms with van der Waals surface area (Å²) in [6.07, 6.45) is 1.59. The van der Waals surface area contributed by atoms with Crippen molar-refractivity contribution in [1.29, 1.82) is 0 Å². The highest BCUT2D eigenvalue weighted by Gasteiger charge is 2.70. The number of carbonyl (C=O) groups is 2. The number of likely N-dealkylation sites (tertiary alicyclic amines) is 1. The van der Waals surface area contributed by atoms with Gasteiger partial charge in [0.2, 0.25) is 0 Å². The van der Waals surface area contributed by atoms with Crippen LogP contribution in [0.2, 0.25) is 0 Å².